The predicted molar refractivity (Wildman–Crippen MR) is 117 cm³/mol. The first kappa shape index (κ1) is 27.0. The zero-order valence-electron chi connectivity index (χ0n) is 19.2. The van der Waals surface area contributed by atoms with Gasteiger partial charge >= 0.3 is 12.5 Å². The summed E-state index contributed by atoms with van der Waals surface area (Å²) < 4.78 is 102. The smallest absolute Gasteiger partial charge is 0.399 e. The van der Waals surface area contributed by atoms with Crippen LogP contribution in [0.25, 0.3) is 0 Å². The lowest BCUT2D eigenvalue weighted by Gasteiger charge is -2.29. The second kappa shape index (κ2) is 11.0. The van der Waals surface area contributed by atoms with E-state index in [2.05, 4.69) is 11.3 Å². The average molecular weight is 504 g/mol. The Labute approximate surface area is 199 Å². The zero-order chi connectivity index (χ0) is 25.8. The van der Waals surface area contributed by atoms with Crippen molar-refractivity contribution in [1.82, 2.24) is 0 Å². The van der Waals surface area contributed by atoms with Gasteiger partial charge in [-0.15, -0.1) is 19.8 Å². The molecule has 2 aromatic rings. The highest BCUT2D eigenvalue weighted by atomic mass is 19.4. The first-order chi connectivity index (χ1) is 16.4. The van der Waals surface area contributed by atoms with Crippen LogP contribution in [0.2, 0.25) is 0 Å². The minimum absolute atomic E-state index is 0.292. The Balaban J connectivity index is 1.65. The molecule has 0 saturated heterocycles. The van der Waals surface area contributed by atoms with Gasteiger partial charge in [0.25, 0.3) is 0 Å². The summed E-state index contributed by atoms with van der Waals surface area (Å²) in [6.07, 6.45) is -2.49. The number of benzene rings is 2. The summed E-state index contributed by atoms with van der Waals surface area (Å²) in [7, 11) is 0. The van der Waals surface area contributed by atoms with Gasteiger partial charge < -0.3 is 9.47 Å². The van der Waals surface area contributed by atoms with Crippen LogP contribution in [0.4, 0.5) is 30.7 Å². The highest BCUT2D eigenvalue weighted by Crippen LogP contribution is 2.40. The van der Waals surface area contributed by atoms with Crippen LogP contribution < -0.4 is 4.74 Å². The minimum atomic E-state index is -5.31. The lowest BCUT2D eigenvalue weighted by molar-refractivity contribution is -0.276. The molecule has 1 atom stereocenters. The Kier molecular flexibility index (Phi) is 8.51. The average Bonchev–Trinajstić information content (AvgIpc) is 2.79. The molecule has 0 spiro atoms. The van der Waals surface area contributed by atoms with Gasteiger partial charge in [0.15, 0.2) is 11.6 Å². The van der Waals surface area contributed by atoms with Gasteiger partial charge in [-0.3, -0.25) is 0 Å². The topological polar surface area (TPSA) is 18.5 Å². The highest BCUT2D eigenvalue weighted by Gasteiger charge is 2.37. The number of alkyl halides is 5. The molecular formula is C26H27F7O2. The van der Waals surface area contributed by atoms with Crippen LogP contribution in [0.5, 0.6) is 5.75 Å². The van der Waals surface area contributed by atoms with Gasteiger partial charge in [-0.2, -0.15) is 8.78 Å². The predicted octanol–water partition coefficient (Wildman–Crippen LogP) is 8.93. The summed E-state index contributed by atoms with van der Waals surface area (Å²) in [5.41, 5.74) is 0.119. The maximum absolute atomic E-state index is 14.7. The molecule has 0 bridgehead atoms. The summed E-state index contributed by atoms with van der Waals surface area (Å²) in [6.45, 7) is 4.86. The van der Waals surface area contributed by atoms with E-state index in [4.69, 9.17) is 4.74 Å². The number of ether oxygens (including phenoxy) is 2. The Morgan fingerprint density at radius 2 is 1.54 bits per heavy atom. The van der Waals surface area contributed by atoms with Crippen molar-refractivity contribution < 1.29 is 40.2 Å². The zero-order valence-corrected chi connectivity index (χ0v) is 19.2. The van der Waals surface area contributed by atoms with Gasteiger partial charge in [0.2, 0.25) is 5.75 Å². The molecular weight excluding hydrogens is 477 g/mol. The number of hydrogen-bond acceptors (Lipinski definition) is 2. The van der Waals surface area contributed by atoms with Crippen molar-refractivity contribution in [3.8, 4) is 5.75 Å². The molecule has 0 radical (unpaired) electrons. The molecule has 0 heterocycles. The van der Waals surface area contributed by atoms with Crippen molar-refractivity contribution in [1.29, 1.82) is 0 Å². The molecule has 1 aliphatic rings. The first-order valence-electron chi connectivity index (χ1n) is 11.4. The Morgan fingerprint density at radius 1 is 0.971 bits per heavy atom. The van der Waals surface area contributed by atoms with Gasteiger partial charge in [-0.25, -0.2) is 8.78 Å². The third kappa shape index (κ3) is 7.22. The summed E-state index contributed by atoms with van der Waals surface area (Å²) in [6, 6.07) is 6.72. The van der Waals surface area contributed by atoms with Crippen molar-refractivity contribution in [2.24, 2.45) is 5.92 Å². The Hall–Kier alpha value is -2.55. The van der Waals surface area contributed by atoms with E-state index in [-0.39, 0.29) is 0 Å². The van der Waals surface area contributed by atoms with Gasteiger partial charge in [-0.05, 0) is 80.5 Å². The fraction of sp³-hybridized carbons (Fsp3) is 0.462. The molecule has 0 amide bonds. The fourth-order valence-electron chi connectivity index (χ4n) is 4.47. The van der Waals surface area contributed by atoms with Crippen LogP contribution in [0.1, 0.15) is 74.2 Å². The van der Waals surface area contributed by atoms with Crippen molar-refractivity contribution in [2.75, 3.05) is 0 Å². The fourth-order valence-corrected chi connectivity index (χ4v) is 4.47. The highest BCUT2D eigenvalue weighted by molar-refractivity contribution is 5.33. The van der Waals surface area contributed by atoms with Crippen LogP contribution in [0.15, 0.2) is 49.1 Å². The first-order valence-corrected chi connectivity index (χ1v) is 11.4. The van der Waals surface area contributed by atoms with E-state index in [0.29, 0.717) is 24.0 Å². The molecule has 1 aliphatic carbocycles. The van der Waals surface area contributed by atoms with Gasteiger partial charge in [-0.1, -0.05) is 30.3 Å². The molecule has 1 unspecified atom stereocenters. The molecule has 0 N–H and O–H groups in total. The molecule has 0 aliphatic heterocycles. The van der Waals surface area contributed by atoms with E-state index < -0.39 is 47.1 Å². The van der Waals surface area contributed by atoms with E-state index in [1.165, 1.54) is 12.1 Å². The monoisotopic (exact) mass is 504 g/mol. The SMILES string of the molecule is C=CCCC1CCC(c2ccc(C(F)(F)OC(C)c3cc(F)c(OC(F)(F)F)c(F)c3)cc2)CC1. The van der Waals surface area contributed by atoms with Crippen molar-refractivity contribution in [3.63, 3.8) is 0 Å². The van der Waals surface area contributed by atoms with Crippen LogP contribution in [-0.2, 0) is 10.8 Å². The minimum Gasteiger partial charge on any atom is -0.399 e. The van der Waals surface area contributed by atoms with Crippen LogP contribution in [-0.4, -0.2) is 6.36 Å². The third-order valence-electron chi connectivity index (χ3n) is 6.38. The second-order valence-electron chi connectivity index (χ2n) is 8.84. The maximum Gasteiger partial charge on any atom is 0.573 e. The van der Waals surface area contributed by atoms with Crippen LogP contribution in [0.3, 0.4) is 0 Å². The van der Waals surface area contributed by atoms with E-state index in [9.17, 15) is 30.7 Å². The Bertz CT molecular complexity index is 971. The van der Waals surface area contributed by atoms with E-state index in [1.807, 2.05) is 6.08 Å². The summed E-state index contributed by atoms with van der Waals surface area (Å²) >= 11 is 0. The normalized spacial score (nSPS) is 19.9. The van der Waals surface area contributed by atoms with Gasteiger partial charge in [0.05, 0.1) is 11.7 Å². The maximum atomic E-state index is 14.7. The molecule has 3 rings (SSSR count). The lowest BCUT2D eigenvalue weighted by atomic mass is 9.77. The van der Waals surface area contributed by atoms with Crippen molar-refractivity contribution in [3.05, 3.63) is 77.4 Å². The molecule has 35 heavy (non-hydrogen) atoms. The molecule has 2 aromatic carbocycles. The van der Waals surface area contributed by atoms with Crippen molar-refractivity contribution in [2.45, 2.75) is 69.9 Å². The number of hydrogen-bond donors (Lipinski definition) is 0. The third-order valence-corrected chi connectivity index (χ3v) is 6.38. The largest absolute Gasteiger partial charge is 0.573 e. The van der Waals surface area contributed by atoms with Crippen LogP contribution in [0, 0.1) is 17.6 Å². The molecule has 1 fully saturated rings. The van der Waals surface area contributed by atoms with Gasteiger partial charge in [0.1, 0.15) is 0 Å². The van der Waals surface area contributed by atoms with E-state index >= 15 is 0 Å². The second-order valence-corrected chi connectivity index (χ2v) is 8.84. The summed E-state index contributed by atoms with van der Waals surface area (Å²) in [5, 5.41) is 0. The molecule has 1 saturated carbocycles. The molecule has 192 valence electrons. The van der Waals surface area contributed by atoms with Gasteiger partial charge in [0, 0.05) is 0 Å². The van der Waals surface area contributed by atoms with Crippen LogP contribution >= 0.6 is 0 Å². The standard InChI is InChI=1S/C26H27F7O2/c1-3-4-5-17-6-8-18(9-7-17)19-10-12-21(13-11-19)25(29,30)34-16(2)20-14-22(27)24(23(28)15-20)35-26(31,32)33/h3,10-18H,1,4-9H2,2H3. The van der Waals surface area contributed by atoms with E-state index in [0.717, 1.165) is 51.0 Å². The molecule has 2 nitrogen and oxygen atoms in total. The number of halogens is 7. The molecule has 9 heteroatoms. The van der Waals surface area contributed by atoms with E-state index in [1.54, 1.807) is 12.1 Å². The summed E-state index contributed by atoms with van der Waals surface area (Å²) in [4.78, 5) is 0. The molecule has 0 aromatic heterocycles. The lowest BCUT2D eigenvalue weighted by Crippen LogP contribution is -2.21. The Morgan fingerprint density at radius 3 is 2.06 bits per heavy atom. The van der Waals surface area contributed by atoms with Crippen molar-refractivity contribution >= 4 is 0 Å². The quantitative estimate of drug-likeness (QED) is 0.251. The number of allylic oxidation sites excluding steroid dienone is 1. The summed E-state index contributed by atoms with van der Waals surface area (Å²) in [5.74, 6) is -4.07. The number of rotatable bonds is 9.